The maximum Gasteiger partial charge on any atom is 0.339 e. The van der Waals surface area contributed by atoms with Crippen molar-refractivity contribution >= 4 is 10.1 Å². The van der Waals surface area contributed by atoms with Crippen LogP contribution in [0.5, 0.6) is 5.75 Å². The van der Waals surface area contributed by atoms with Crippen LogP contribution in [0.3, 0.4) is 0 Å². The fourth-order valence-corrected chi connectivity index (χ4v) is 2.79. The van der Waals surface area contributed by atoms with Gasteiger partial charge in [0.05, 0.1) is 0 Å². The second kappa shape index (κ2) is 5.61. The van der Waals surface area contributed by atoms with E-state index in [-0.39, 0.29) is 10.6 Å². The largest absolute Gasteiger partial charge is 0.379 e. The molecule has 0 unspecified atom stereocenters. The maximum absolute atomic E-state index is 12.1. The number of rotatable bonds is 4. The smallest absolute Gasteiger partial charge is 0.339 e. The summed E-state index contributed by atoms with van der Waals surface area (Å²) in [6, 6.07) is 14.4. The van der Waals surface area contributed by atoms with Crippen LogP contribution in [-0.4, -0.2) is 18.6 Å². The topological polar surface area (TPSA) is 82.3 Å². The standard InChI is InChI=1S/C15H12N2O4S/c1-11-16-15(17-20-11)12-7-9-13(10-8-12)21-22(18,19)14-5-3-2-4-6-14/h2-10H,1H3. The number of nitrogens with zero attached hydrogens (tertiary/aromatic N) is 2. The third-order valence-electron chi connectivity index (χ3n) is 2.88. The second-order valence-corrected chi connectivity index (χ2v) is 6.06. The Hall–Kier alpha value is -2.67. The highest BCUT2D eigenvalue weighted by molar-refractivity contribution is 7.87. The molecule has 0 bridgehead atoms. The van der Waals surface area contributed by atoms with Gasteiger partial charge in [-0.3, -0.25) is 0 Å². The zero-order valence-electron chi connectivity index (χ0n) is 11.6. The van der Waals surface area contributed by atoms with Crippen molar-refractivity contribution in [1.29, 1.82) is 0 Å². The first-order valence-electron chi connectivity index (χ1n) is 6.45. The van der Waals surface area contributed by atoms with Crippen molar-refractivity contribution in [3.8, 4) is 17.1 Å². The van der Waals surface area contributed by atoms with E-state index in [4.69, 9.17) is 8.71 Å². The van der Waals surface area contributed by atoms with Crippen LogP contribution in [0, 0.1) is 6.92 Å². The molecule has 0 fully saturated rings. The van der Waals surface area contributed by atoms with Crippen LogP contribution >= 0.6 is 0 Å². The molecular formula is C15H12N2O4S. The Balaban J connectivity index is 1.82. The maximum atomic E-state index is 12.1. The first-order valence-corrected chi connectivity index (χ1v) is 7.86. The number of aromatic nitrogens is 2. The van der Waals surface area contributed by atoms with Gasteiger partial charge < -0.3 is 8.71 Å². The Morgan fingerprint density at radius 1 is 1.00 bits per heavy atom. The van der Waals surface area contributed by atoms with Crippen molar-refractivity contribution in [3.63, 3.8) is 0 Å². The highest BCUT2D eigenvalue weighted by Gasteiger charge is 2.16. The van der Waals surface area contributed by atoms with E-state index in [1.807, 2.05) is 0 Å². The van der Waals surface area contributed by atoms with Gasteiger partial charge in [-0.05, 0) is 36.4 Å². The average molecular weight is 316 g/mol. The van der Waals surface area contributed by atoms with Gasteiger partial charge in [0.15, 0.2) is 0 Å². The molecule has 1 aromatic heterocycles. The average Bonchev–Trinajstić information content (AvgIpc) is 2.95. The highest BCUT2D eigenvalue weighted by Crippen LogP contribution is 2.22. The molecule has 0 amide bonds. The van der Waals surface area contributed by atoms with Crippen molar-refractivity contribution in [2.75, 3.05) is 0 Å². The van der Waals surface area contributed by atoms with E-state index in [0.717, 1.165) is 0 Å². The molecule has 0 radical (unpaired) electrons. The molecule has 6 nitrogen and oxygen atoms in total. The van der Waals surface area contributed by atoms with Gasteiger partial charge in [-0.2, -0.15) is 13.4 Å². The Kier molecular flexibility index (Phi) is 3.64. The molecule has 1 heterocycles. The quantitative estimate of drug-likeness (QED) is 0.688. The molecule has 3 rings (SSSR count). The predicted octanol–water partition coefficient (Wildman–Crippen LogP) is 2.81. The predicted molar refractivity (Wildman–Crippen MR) is 78.7 cm³/mol. The van der Waals surface area contributed by atoms with E-state index in [2.05, 4.69) is 10.1 Å². The second-order valence-electron chi connectivity index (χ2n) is 4.51. The Bertz CT molecular complexity index is 871. The number of hydrogen-bond acceptors (Lipinski definition) is 6. The number of benzene rings is 2. The summed E-state index contributed by atoms with van der Waals surface area (Å²) < 4.78 is 34.2. The Labute approximate surface area is 127 Å². The first-order chi connectivity index (χ1) is 10.5. The number of aryl methyl sites for hydroxylation is 1. The van der Waals surface area contributed by atoms with Crippen molar-refractivity contribution in [3.05, 3.63) is 60.5 Å². The van der Waals surface area contributed by atoms with Gasteiger partial charge in [0.2, 0.25) is 11.7 Å². The minimum Gasteiger partial charge on any atom is -0.379 e. The molecule has 0 spiro atoms. The molecule has 7 heteroatoms. The molecule has 2 aromatic carbocycles. The highest BCUT2D eigenvalue weighted by atomic mass is 32.2. The molecule has 0 N–H and O–H groups in total. The summed E-state index contributed by atoms with van der Waals surface area (Å²) in [7, 11) is -3.84. The van der Waals surface area contributed by atoms with Gasteiger partial charge in [-0.15, -0.1) is 0 Å². The van der Waals surface area contributed by atoms with Gasteiger partial charge in [-0.25, -0.2) is 0 Å². The molecule has 0 aliphatic carbocycles. The third-order valence-corrected chi connectivity index (χ3v) is 4.14. The molecule has 112 valence electrons. The molecule has 0 saturated heterocycles. The molecule has 0 saturated carbocycles. The monoisotopic (exact) mass is 316 g/mol. The van der Waals surface area contributed by atoms with Gasteiger partial charge >= 0.3 is 10.1 Å². The van der Waals surface area contributed by atoms with Crippen LogP contribution in [0.2, 0.25) is 0 Å². The molecular weight excluding hydrogens is 304 g/mol. The minimum absolute atomic E-state index is 0.105. The van der Waals surface area contributed by atoms with Crippen molar-refractivity contribution in [1.82, 2.24) is 10.1 Å². The van der Waals surface area contributed by atoms with Crippen LogP contribution < -0.4 is 4.18 Å². The van der Waals surface area contributed by atoms with Crippen LogP contribution in [0.25, 0.3) is 11.4 Å². The third kappa shape index (κ3) is 2.99. The number of hydrogen-bond donors (Lipinski definition) is 0. The lowest BCUT2D eigenvalue weighted by molar-refractivity contribution is 0.394. The Morgan fingerprint density at radius 2 is 1.68 bits per heavy atom. The molecule has 0 atom stereocenters. The SMILES string of the molecule is Cc1nc(-c2ccc(OS(=O)(=O)c3ccccc3)cc2)no1. The zero-order chi connectivity index (χ0) is 15.6. The summed E-state index contributed by atoms with van der Waals surface area (Å²) in [5.74, 6) is 1.12. The van der Waals surface area contributed by atoms with Crippen LogP contribution in [0.15, 0.2) is 64.0 Å². The minimum atomic E-state index is -3.84. The fourth-order valence-electron chi connectivity index (χ4n) is 1.84. The van der Waals surface area contributed by atoms with Gasteiger partial charge in [0.1, 0.15) is 10.6 Å². The zero-order valence-corrected chi connectivity index (χ0v) is 12.4. The summed E-state index contributed by atoms with van der Waals surface area (Å²) in [4.78, 5) is 4.20. The molecule has 22 heavy (non-hydrogen) atoms. The summed E-state index contributed by atoms with van der Waals surface area (Å²) in [5, 5.41) is 3.79. The lowest BCUT2D eigenvalue weighted by Crippen LogP contribution is -2.09. The van der Waals surface area contributed by atoms with E-state index in [9.17, 15) is 8.42 Å². The first kappa shape index (κ1) is 14.3. The van der Waals surface area contributed by atoms with Crippen molar-refractivity contribution in [2.24, 2.45) is 0 Å². The lowest BCUT2D eigenvalue weighted by Gasteiger charge is -2.07. The van der Waals surface area contributed by atoms with Crippen LogP contribution in [0.4, 0.5) is 0 Å². The van der Waals surface area contributed by atoms with E-state index < -0.39 is 10.1 Å². The van der Waals surface area contributed by atoms with Crippen LogP contribution in [-0.2, 0) is 10.1 Å². The van der Waals surface area contributed by atoms with Crippen LogP contribution in [0.1, 0.15) is 5.89 Å². The lowest BCUT2D eigenvalue weighted by atomic mass is 10.2. The fraction of sp³-hybridized carbons (Fsp3) is 0.0667. The molecule has 0 aliphatic heterocycles. The van der Waals surface area contributed by atoms with Crippen molar-refractivity contribution in [2.45, 2.75) is 11.8 Å². The Morgan fingerprint density at radius 3 is 2.27 bits per heavy atom. The molecule has 3 aromatic rings. The van der Waals surface area contributed by atoms with Crippen molar-refractivity contribution < 1.29 is 17.1 Å². The summed E-state index contributed by atoms with van der Waals surface area (Å²) in [6.45, 7) is 1.69. The van der Waals surface area contributed by atoms with E-state index in [1.54, 1.807) is 49.4 Å². The van der Waals surface area contributed by atoms with E-state index >= 15 is 0 Å². The van der Waals surface area contributed by atoms with E-state index in [0.29, 0.717) is 17.3 Å². The summed E-state index contributed by atoms with van der Waals surface area (Å²) in [6.07, 6.45) is 0. The van der Waals surface area contributed by atoms with Gasteiger partial charge in [0, 0.05) is 12.5 Å². The van der Waals surface area contributed by atoms with Gasteiger partial charge in [-0.1, -0.05) is 23.4 Å². The summed E-state index contributed by atoms with van der Waals surface area (Å²) in [5.41, 5.74) is 0.710. The van der Waals surface area contributed by atoms with E-state index in [1.165, 1.54) is 12.1 Å². The van der Waals surface area contributed by atoms with Gasteiger partial charge in [0.25, 0.3) is 0 Å². The summed E-state index contributed by atoms with van der Waals surface area (Å²) >= 11 is 0. The molecule has 0 aliphatic rings. The normalized spacial score (nSPS) is 11.3.